The van der Waals surface area contributed by atoms with Gasteiger partial charge in [-0.15, -0.1) is 0 Å². The summed E-state index contributed by atoms with van der Waals surface area (Å²) in [7, 11) is 1.56. The predicted molar refractivity (Wildman–Crippen MR) is 119 cm³/mol. The average molecular weight is 460 g/mol. The zero-order chi connectivity index (χ0) is 21.3. The maximum absolute atomic E-state index is 12.8. The Bertz CT molecular complexity index is 797. The van der Waals surface area contributed by atoms with Crippen molar-refractivity contribution in [3.8, 4) is 5.75 Å². The van der Waals surface area contributed by atoms with Gasteiger partial charge in [0.15, 0.2) is 0 Å². The van der Waals surface area contributed by atoms with Crippen LogP contribution in [-0.4, -0.2) is 60.3 Å². The zero-order valence-corrected chi connectivity index (χ0v) is 18.6. The first-order chi connectivity index (χ1) is 13.6. The molecule has 2 aliphatic rings. The molecule has 0 bridgehead atoms. The third-order valence-electron chi connectivity index (χ3n) is 5.13. The van der Waals surface area contributed by atoms with E-state index < -0.39 is 5.60 Å². The highest BCUT2D eigenvalue weighted by Crippen LogP contribution is 2.39. The van der Waals surface area contributed by atoms with Gasteiger partial charge in [-0.05, 0) is 45.7 Å². The van der Waals surface area contributed by atoms with Crippen LogP contribution in [0.15, 0.2) is 12.1 Å². The van der Waals surface area contributed by atoms with Crippen molar-refractivity contribution < 1.29 is 19.1 Å². The van der Waals surface area contributed by atoms with Gasteiger partial charge in [0, 0.05) is 25.2 Å². The first-order valence-electron chi connectivity index (χ1n) is 9.67. The minimum Gasteiger partial charge on any atom is -0.496 e. The summed E-state index contributed by atoms with van der Waals surface area (Å²) in [6.45, 7) is 7.11. The number of nitrogens with zero attached hydrogens (tertiary/aromatic N) is 2. The molecule has 2 aliphatic heterocycles. The summed E-state index contributed by atoms with van der Waals surface area (Å²) in [5, 5.41) is 3.82. The molecule has 0 saturated carbocycles. The van der Waals surface area contributed by atoms with Crippen LogP contribution in [0.4, 0.5) is 9.59 Å². The molecule has 0 aromatic heterocycles. The second kappa shape index (κ2) is 9.52. The van der Waals surface area contributed by atoms with Crippen LogP contribution in [0, 0.1) is 0 Å². The third-order valence-corrected chi connectivity index (χ3v) is 5.95. The largest absolute Gasteiger partial charge is 0.496 e. The lowest BCUT2D eigenvalue weighted by molar-refractivity contribution is 0.0281. The van der Waals surface area contributed by atoms with Gasteiger partial charge in [0.1, 0.15) is 11.4 Å². The highest BCUT2D eigenvalue weighted by atomic mass is 35.5. The minimum atomic E-state index is -0.541. The van der Waals surface area contributed by atoms with E-state index in [2.05, 4.69) is 5.32 Å². The topological polar surface area (TPSA) is 71.1 Å². The molecule has 2 heterocycles. The van der Waals surface area contributed by atoms with Crippen molar-refractivity contribution in [2.75, 3.05) is 26.7 Å². The molecule has 9 heteroatoms. The predicted octanol–water partition coefficient (Wildman–Crippen LogP) is 5.10. The first kappa shape index (κ1) is 24.4. The van der Waals surface area contributed by atoms with Crippen LogP contribution in [0.1, 0.15) is 52.6 Å². The van der Waals surface area contributed by atoms with Crippen LogP contribution >= 0.6 is 23.2 Å². The molecular formula is C21H31Cl2N3O4. The van der Waals surface area contributed by atoms with E-state index in [9.17, 15) is 9.59 Å². The molecule has 2 fully saturated rings. The summed E-state index contributed by atoms with van der Waals surface area (Å²) in [5.41, 5.74) is 0.150. The molecular weight excluding hydrogens is 429 g/mol. The molecule has 1 N–H and O–H groups in total. The summed E-state index contributed by atoms with van der Waals surface area (Å²) < 4.78 is 10.8. The van der Waals surface area contributed by atoms with Gasteiger partial charge in [0.05, 0.1) is 29.2 Å². The van der Waals surface area contributed by atoms with Gasteiger partial charge in [-0.3, -0.25) is 0 Å². The van der Waals surface area contributed by atoms with E-state index in [4.69, 9.17) is 32.7 Å². The number of nitrogens with one attached hydrogen (secondary N) is 1. The molecule has 0 radical (unpaired) electrons. The molecule has 1 aromatic rings. The molecule has 1 aromatic carbocycles. The van der Waals surface area contributed by atoms with Gasteiger partial charge in [-0.2, -0.15) is 0 Å². The molecule has 3 rings (SSSR count). The molecule has 30 heavy (non-hydrogen) atoms. The van der Waals surface area contributed by atoms with E-state index in [1.54, 1.807) is 29.0 Å². The van der Waals surface area contributed by atoms with Gasteiger partial charge < -0.3 is 24.6 Å². The van der Waals surface area contributed by atoms with Crippen LogP contribution in [0.3, 0.4) is 0 Å². The normalized spacial score (nSPS) is 21.7. The van der Waals surface area contributed by atoms with E-state index in [-0.39, 0.29) is 31.6 Å². The molecule has 168 valence electrons. The lowest BCUT2D eigenvalue weighted by Gasteiger charge is -2.37. The molecule has 2 saturated heterocycles. The molecule has 0 aliphatic carbocycles. The summed E-state index contributed by atoms with van der Waals surface area (Å²) in [6.07, 6.45) is 1.04. The van der Waals surface area contributed by atoms with E-state index in [0.717, 1.165) is 6.42 Å². The second-order valence-electron chi connectivity index (χ2n) is 8.33. The van der Waals surface area contributed by atoms with Gasteiger partial charge in [0.2, 0.25) is 0 Å². The number of likely N-dealkylation sites (tertiary alicyclic amines) is 1. The second-order valence-corrected chi connectivity index (χ2v) is 9.12. The van der Waals surface area contributed by atoms with Gasteiger partial charge in [-0.1, -0.05) is 30.6 Å². The fourth-order valence-corrected chi connectivity index (χ4v) is 4.23. The van der Waals surface area contributed by atoms with Crippen LogP contribution in [0.5, 0.6) is 5.75 Å². The quantitative estimate of drug-likeness (QED) is 0.681. The Morgan fingerprint density at radius 3 is 2.50 bits per heavy atom. The third kappa shape index (κ3) is 5.24. The number of halogens is 2. The zero-order valence-electron chi connectivity index (χ0n) is 17.1. The van der Waals surface area contributed by atoms with Crippen molar-refractivity contribution in [1.29, 1.82) is 0 Å². The SMILES string of the molecule is C.COc1ccc(Cl)c(Cl)c1C1CCN(C2CCN(C(=O)OC(C)(C)C)C2)C(=O)N1. The number of hydrogen-bond acceptors (Lipinski definition) is 4. The van der Waals surface area contributed by atoms with E-state index in [1.807, 2.05) is 20.8 Å². The average Bonchev–Trinajstić information content (AvgIpc) is 3.12. The lowest BCUT2D eigenvalue weighted by Crippen LogP contribution is -2.53. The number of hydrogen-bond donors (Lipinski definition) is 1. The van der Waals surface area contributed by atoms with Crippen molar-refractivity contribution in [3.05, 3.63) is 27.7 Å². The van der Waals surface area contributed by atoms with Crippen molar-refractivity contribution in [3.63, 3.8) is 0 Å². The molecule has 2 unspecified atom stereocenters. The van der Waals surface area contributed by atoms with Crippen LogP contribution in [-0.2, 0) is 4.74 Å². The maximum Gasteiger partial charge on any atom is 0.410 e. The fraction of sp³-hybridized carbons (Fsp3) is 0.619. The van der Waals surface area contributed by atoms with E-state index >= 15 is 0 Å². The Kier molecular flexibility index (Phi) is 7.74. The van der Waals surface area contributed by atoms with Gasteiger partial charge in [0.25, 0.3) is 0 Å². The smallest absolute Gasteiger partial charge is 0.410 e. The molecule has 0 spiro atoms. The minimum absolute atomic E-state index is 0. The molecule has 2 atom stereocenters. The van der Waals surface area contributed by atoms with Crippen molar-refractivity contribution in [2.45, 2.75) is 58.7 Å². The lowest BCUT2D eigenvalue weighted by atomic mass is 9.99. The van der Waals surface area contributed by atoms with Crippen LogP contribution in [0.2, 0.25) is 10.0 Å². The van der Waals surface area contributed by atoms with E-state index in [0.29, 0.717) is 47.4 Å². The maximum atomic E-state index is 12.8. The summed E-state index contributed by atoms with van der Waals surface area (Å²) in [6, 6.07) is 2.91. The summed E-state index contributed by atoms with van der Waals surface area (Å²) in [4.78, 5) is 28.6. The highest BCUT2D eigenvalue weighted by molar-refractivity contribution is 6.42. The summed E-state index contributed by atoms with van der Waals surface area (Å²) >= 11 is 12.6. The van der Waals surface area contributed by atoms with E-state index in [1.165, 1.54) is 0 Å². The number of ether oxygens (including phenoxy) is 2. The Morgan fingerprint density at radius 2 is 1.90 bits per heavy atom. The Balaban J connectivity index is 0.00000320. The fourth-order valence-electron chi connectivity index (χ4n) is 3.78. The van der Waals surface area contributed by atoms with Crippen LogP contribution < -0.4 is 10.1 Å². The molecule has 3 amide bonds. The van der Waals surface area contributed by atoms with Crippen molar-refractivity contribution in [1.82, 2.24) is 15.1 Å². The van der Waals surface area contributed by atoms with Gasteiger partial charge in [-0.25, -0.2) is 9.59 Å². The van der Waals surface area contributed by atoms with Crippen molar-refractivity contribution in [2.24, 2.45) is 0 Å². The first-order valence-corrected chi connectivity index (χ1v) is 10.4. The number of methoxy groups -OCH3 is 1. The highest BCUT2D eigenvalue weighted by Gasteiger charge is 2.38. The summed E-state index contributed by atoms with van der Waals surface area (Å²) in [5.74, 6) is 0.593. The Labute approximate surface area is 188 Å². The Hall–Kier alpha value is -1.86. The van der Waals surface area contributed by atoms with Crippen LogP contribution in [0.25, 0.3) is 0 Å². The number of carbonyl (C=O) groups is 2. The van der Waals surface area contributed by atoms with Gasteiger partial charge >= 0.3 is 12.1 Å². The standard InChI is InChI=1S/C20H27Cl2N3O4.CH4/c1-20(2,3)29-19(27)24-9-7-12(11-24)25-10-8-14(23-18(25)26)16-15(28-4)6-5-13(21)17(16)22;/h5-6,12,14H,7-11H2,1-4H3,(H,23,26);1H4. The number of urea groups is 1. The number of rotatable bonds is 3. The number of benzene rings is 1. The van der Waals surface area contributed by atoms with Crippen molar-refractivity contribution >= 4 is 35.3 Å². The number of carbonyl (C=O) groups excluding carboxylic acids is 2. The Morgan fingerprint density at radius 1 is 1.20 bits per heavy atom. The molecule has 7 nitrogen and oxygen atoms in total. The monoisotopic (exact) mass is 459 g/mol. The number of amides is 3.